The summed E-state index contributed by atoms with van der Waals surface area (Å²) in [5.74, 6) is -2.73. The number of hydrogen-bond acceptors (Lipinski definition) is 5. The molecule has 10 heteroatoms. The van der Waals surface area contributed by atoms with Gasteiger partial charge in [0, 0.05) is 32.1 Å². The highest BCUT2D eigenvalue weighted by molar-refractivity contribution is 5.80. The molecule has 1 atom stereocenters. The van der Waals surface area contributed by atoms with Crippen LogP contribution in [-0.4, -0.2) is 53.9 Å². The normalized spacial score (nSPS) is 16.8. The van der Waals surface area contributed by atoms with Gasteiger partial charge in [-0.3, -0.25) is 9.78 Å². The number of carbonyl (C=O) groups is 2. The van der Waals surface area contributed by atoms with Crippen LogP contribution >= 0.6 is 0 Å². The van der Waals surface area contributed by atoms with Gasteiger partial charge in [-0.05, 0) is 37.8 Å². The predicted octanol–water partition coefficient (Wildman–Crippen LogP) is 2.20. The molecule has 2 heterocycles. The second-order valence-electron chi connectivity index (χ2n) is 5.47. The molecule has 2 rings (SSSR count). The Morgan fingerprint density at radius 3 is 2.58 bits per heavy atom. The topological polar surface area (TPSA) is 101 Å². The molecule has 3 N–H and O–H groups in total. The number of alkyl halides is 3. The third-order valence-electron chi connectivity index (χ3n) is 3.36. The Morgan fingerprint density at radius 2 is 2.04 bits per heavy atom. The fraction of sp³-hybridized carbons (Fsp3) is 0.562. The lowest BCUT2D eigenvalue weighted by Gasteiger charge is -2.21. The van der Waals surface area contributed by atoms with Crippen LogP contribution < -0.4 is 10.6 Å². The van der Waals surface area contributed by atoms with Crippen LogP contribution in [0.15, 0.2) is 24.5 Å². The van der Waals surface area contributed by atoms with Crippen molar-refractivity contribution in [2.24, 2.45) is 0 Å². The van der Waals surface area contributed by atoms with Crippen LogP contribution in [0.3, 0.4) is 0 Å². The molecule has 1 aliphatic heterocycles. The minimum absolute atomic E-state index is 0.0288. The highest BCUT2D eigenvalue weighted by Gasteiger charge is 2.38. The summed E-state index contributed by atoms with van der Waals surface area (Å²) in [7, 11) is 0. The number of carboxylic acids is 1. The lowest BCUT2D eigenvalue weighted by Crippen LogP contribution is -2.39. The largest absolute Gasteiger partial charge is 0.490 e. The molecule has 1 unspecified atom stereocenters. The van der Waals surface area contributed by atoms with Gasteiger partial charge in [-0.2, -0.15) is 13.2 Å². The van der Waals surface area contributed by atoms with Crippen LogP contribution in [0.1, 0.15) is 25.7 Å². The summed E-state index contributed by atoms with van der Waals surface area (Å²) in [5, 5.41) is 13.3. The number of amides is 1. The molecule has 0 radical (unpaired) electrons. The average Bonchev–Trinajstić information content (AvgIpc) is 2.62. The summed E-state index contributed by atoms with van der Waals surface area (Å²) in [6.07, 6.45) is 2.09. The van der Waals surface area contributed by atoms with Crippen molar-refractivity contribution < 1.29 is 32.6 Å². The molecule has 0 bridgehead atoms. The predicted molar refractivity (Wildman–Crippen MR) is 87.6 cm³/mol. The number of ether oxygens (including phenoxy) is 1. The van der Waals surface area contributed by atoms with Gasteiger partial charge in [0.15, 0.2) is 0 Å². The first-order valence-corrected chi connectivity index (χ1v) is 8.14. The van der Waals surface area contributed by atoms with E-state index in [0.29, 0.717) is 13.2 Å². The molecule has 1 aromatic heterocycles. The number of aliphatic carboxylic acids is 1. The van der Waals surface area contributed by atoms with Gasteiger partial charge < -0.3 is 20.5 Å². The number of hydrogen-bond donors (Lipinski definition) is 3. The number of nitrogens with zero attached hydrogens (tertiary/aromatic N) is 1. The van der Waals surface area contributed by atoms with Crippen molar-refractivity contribution in [3.05, 3.63) is 24.5 Å². The van der Waals surface area contributed by atoms with E-state index in [4.69, 9.17) is 14.6 Å². The number of halogens is 3. The van der Waals surface area contributed by atoms with E-state index in [2.05, 4.69) is 15.6 Å². The number of anilines is 1. The molecule has 1 aromatic rings. The fourth-order valence-corrected chi connectivity index (χ4v) is 2.06. The Hall–Kier alpha value is -2.36. The van der Waals surface area contributed by atoms with E-state index in [0.717, 1.165) is 37.9 Å². The van der Waals surface area contributed by atoms with Gasteiger partial charge in [0.05, 0.1) is 5.69 Å². The maximum absolute atomic E-state index is 11.8. The van der Waals surface area contributed by atoms with Gasteiger partial charge in [-0.1, -0.05) is 0 Å². The second kappa shape index (κ2) is 11.3. The molecule has 1 aliphatic rings. The van der Waals surface area contributed by atoms with E-state index in [1.54, 1.807) is 12.4 Å². The minimum atomic E-state index is -5.08. The van der Waals surface area contributed by atoms with Crippen LogP contribution in [-0.2, 0) is 14.3 Å². The van der Waals surface area contributed by atoms with Crippen LogP contribution in [0, 0.1) is 0 Å². The molecule has 0 aliphatic carbocycles. The van der Waals surface area contributed by atoms with Crippen LogP contribution in [0.2, 0.25) is 0 Å². The van der Waals surface area contributed by atoms with E-state index in [-0.39, 0.29) is 12.0 Å². The first-order chi connectivity index (χ1) is 12.3. The maximum Gasteiger partial charge on any atom is 0.490 e. The van der Waals surface area contributed by atoms with Crippen LogP contribution in [0.5, 0.6) is 0 Å². The molecule has 26 heavy (non-hydrogen) atoms. The monoisotopic (exact) mass is 377 g/mol. The SMILES string of the molecule is O=C(NCCCNc1cccnc1)C1CCCCO1.O=C(O)C(F)(F)F. The minimum Gasteiger partial charge on any atom is -0.475 e. The second-order valence-corrected chi connectivity index (χ2v) is 5.47. The first kappa shape index (κ1) is 21.7. The van der Waals surface area contributed by atoms with E-state index in [1.807, 2.05) is 12.1 Å². The number of aromatic nitrogens is 1. The number of carbonyl (C=O) groups excluding carboxylic acids is 1. The quantitative estimate of drug-likeness (QED) is 0.657. The lowest BCUT2D eigenvalue weighted by atomic mass is 10.1. The Morgan fingerprint density at radius 1 is 1.31 bits per heavy atom. The molecular formula is C16H22F3N3O4. The van der Waals surface area contributed by atoms with Gasteiger partial charge in [-0.15, -0.1) is 0 Å². The van der Waals surface area contributed by atoms with Gasteiger partial charge in [0.1, 0.15) is 6.10 Å². The Balaban J connectivity index is 0.000000412. The Bertz CT molecular complexity index is 549. The Labute approximate surface area is 148 Å². The summed E-state index contributed by atoms with van der Waals surface area (Å²) in [6.45, 7) is 2.20. The van der Waals surface area contributed by atoms with E-state index >= 15 is 0 Å². The van der Waals surface area contributed by atoms with Crippen LogP contribution in [0.25, 0.3) is 0 Å². The van der Waals surface area contributed by atoms with E-state index < -0.39 is 12.1 Å². The zero-order valence-corrected chi connectivity index (χ0v) is 14.1. The summed E-state index contributed by atoms with van der Waals surface area (Å²) >= 11 is 0. The van der Waals surface area contributed by atoms with Gasteiger partial charge >= 0.3 is 12.1 Å². The fourth-order valence-electron chi connectivity index (χ4n) is 2.06. The molecule has 7 nitrogen and oxygen atoms in total. The molecular weight excluding hydrogens is 355 g/mol. The zero-order chi connectivity index (χ0) is 19.4. The molecule has 0 aromatic carbocycles. The van der Waals surface area contributed by atoms with Crippen molar-refractivity contribution in [3.8, 4) is 0 Å². The number of pyridine rings is 1. The van der Waals surface area contributed by atoms with Crippen molar-refractivity contribution >= 4 is 17.6 Å². The van der Waals surface area contributed by atoms with Crippen molar-refractivity contribution in [3.63, 3.8) is 0 Å². The standard InChI is InChI=1S/C14H21N3O2.C2HF3O2/c18-14(13-6-1-2-10-19-13)17-9-4-8-16-12-5-3-7-15-11-12;3-2(4,5)1(6)7/h3,5,7,11,13,16H,1-2,4,6,8-10H2,(H,17,18);(H,6,7). The van der Waals surface area contributed by atoms with Gasteiger partial charge in [-0.25, -0.2) is 4.79 Å². The van der Waals surface area contributed by atoms with Gasteiger partial charge in [0.2, 0.25) is 5.91 Å². The molecule has 1 fully saturated rings. The molecule has 1 amide bonds. The number of rotatable bonds is 6. The van der Waals surface area contributed by atoms with E-state index in [1.165, 1.54) is 0 Å². The summed E-state index contributed by atoms with van der Waals surface area (Å²) in [6, 6.07) is 3.87. The zero-order valence-electron chi connectivity index (χ0n) is 14.1. The van der Waals surface area contributed by atoms with E-state index in [9.17, 15) is 18.0 Å². The van der Waals surface area contributed by atoms with Crippen molar-refractivity contribution in [1.29, 1.82) is 0 Å². The highest BCUT2D eigenvalue weighted by atomic mass is 19.4. The first-order valence-electron chi connectivity index (χ1n) is 8.14. The summed E-state index contributed by atoms with van der Waals surface area (Å²) < 4.78 is 37.2. The molecule has 0 saturated carbocycles. The number of nitrogens with one attached hydrogen (secondary N) is 2. The smallest absolute Gasteiger partial charge is 0.475 e. The van der Waals surface area contributed by atoms with Crippen molar-refractivity contribution in [2.45, 2.75) is 38.0 Å². The van der Waals surface area contributed by atoms with Gasteiger partial charge in [0.25, 0.3) is 0 Å². The molecule has 0 spiro atoms. The molecule has 146 valence electrons. The third kappa shape index (κ3) is 9.21. The maximum atomic E-state index is 11.8. The lowest BCUT2D eigenvalue weighted by molar-refractivity contribution is -0.192. The average molecular weight is 377 g/mol. The highest BCUT2D eigenvalue weighted by Crippen LogP contribution is 2.13. The summed E-state index contributed by atoms with van der Waals surface area (Å²) in [5.41, 5.74) is 1.00. The molecule has 1 saturated heterocycles. The summed E-state index contributed by atoms with van der Waals surface area (Å²) in [4.78, 5) is 24.7. The number of carboxylic acid groups (broad SMARTS) is 1. The van der Waals surface area contributed by atoms with Crippen molar-refractivity contribution in [2.75, 3.05) is 25.0 Å². The third-order valence-corrected chi connectivity index (χ3v) is 3.36. The Kier molecular flexibility index (Phi) is 9.42. The van der Waals surface area contributed by atoms with Crippen molar-refractivity contribution in [1.82, 2.24) is 10.3 Å². The van der Waals surface area contributed by atoms with Crippen LogP contribution in [0.4, 0.5) is 18.9 Å².